The van der Waals surface area contributed by atoms with Crippen molar-refractivity contribution in [3.05, 3.63) is 65.2 Å². The molecule has 158 valence electrons. The van der Waals surface area contributed by atoms with Gasteiger partial charge in [0.05, 0.1) is 23.8 Å². The van der Waals surface area contributed by atoms with Crippen molar-refractivity contribution >= 4 is 11.8 Å². The molecule has 2 aromatic carbocycles. The zero-order valence-corrected chi connectivity index (χ0v) is 17.9. The number of rotatable bonds is 6. The molecule has 5 heteroatoms. The van der Waals surface area contributed by atoms with Gasteiger partial charge in [-0.05, 0) is 74.8 Å². The number of ether oxygens (including phenoxy) is 2. The highest BCUT2D eigenvalue weighted by atomic mass is 16.5. The Morgan fingerprint density at radius 2 is 1.70 bits per heavy atom. The third kappa shape index (κ3) is 3.99. The van der Waals surface area contributed by atoms with Crippen LogP contribution in [0.3, 0.4) is 0 Å². The number of carbonyl (C=O) groups is 2. The van der Waals surface area contributed by atoms with Crippen LogP contribution in [0.1, 0.15) is 65.3 Å². The molecule has 0 aromatic heterocycles. The Bertz CT molecular complexity index is 899. The summed E-state index contributed by atoms with van der Waals surface area (Å²) in [7, 11) is 1.66. The van der Waals surface area contributed by atoms with Gasteiger partial charge in [-0.25, -0.2) is 0 Å². The van der Waals surface area contributed by atoms with Crippen molar-refractivity contribution in [3.63, 3.8) is 0 Å². The summed E-state index contributed by atoms with van der Waals surface area (Å²) in [6.45, 7) is 5.42. The van der Waals surface area contributed by atoms with Crippen LogP contribution in [0.5, 0.6) is 5.75 Å². The molecule has 2 aromatic rings. The SMILES string of the molecule is COc1ccc([C@H](CCN2C(=O)c3ccccc3C2=O)[C@@H]2CCOC(C)(C)C2)cc1. The third-order valence-electron chi connectivity index (χ3n) is 6.39. The molecule has 4 rings (SSSR count). The summed E-state index contributed by atoms with van der Waals surface area (Å²) in [6.07, 6.45) is 2.66. The van der Waals surface area contributed by atoms with Gasteiger partial charge in [-0.2, -0.15) is 0 Å². The molecule has 5 nitrogen and oxygen atoms in total. The van der Waals surface area contributed by atoms with Crippen LogP contribution in [-0.2, 0) is 4.74 Å². The van der Waals surface area contributed by atoms with Crippen molar-refractivity contribution in [2.75, 3.05) is 20.3 Å². The minimum Gasteiger partial charge on any atom is -0.497 e. The Morgan fingerprint density at radius 1 is 1.07 bits per heavy atom. The molecule has 0 spiro atoms. The van der Waals surface area contributed by atoms with Crippen LogP contribution in [0.25, 0.3) is 0 Å². The van der Waals surface area contributed by atoms with E-state index in [2.05, 4.69) is 26.0 Å². The number of fused-ring (bicyclic) bond motifs is 1. The van der Waals surface area contributed by atoms with Gasteiger partial charge >= 0.3 is 0 Å². The number of hydrogen-bond acceptors (Lipinski definition) is 4. The summed E-state index contributed by atoms with van der Waals surface area (Å²) in [5, 5.41) is 0. The number of carbonyl (C=O) groups excluding carboxylic acids is 2. The monoisotopic (exact) mass is 407 g/mol. The fourth-order valence-corrected chi connectivity index (χ4v) is 4.86. The molecule has 2 aliphatic rings. The maximum atomic E-state index is 12.8. The Kier molecular flexibility index (Phi) is 5.65. The highest BCUT2D eigenvalue weighted by molar-refractivity contribution is 6.21. The van der Waals surface area contributed by atoms with Gasteiger partial charge in [0.2, 0.25) is 0 Å². The molecule has 2 aliphatic heterocycles. The summed E-state index contributed by atoms with van der Waals surface area (Å²) >= 11 is 0. The molecule has 0 radical (unpaired) electrons. The van der Waals surface area contributed by atoms with E-state index in [9.17, 15) is 9.59 Å². The Morgan fingerprint density at radius 3 is 2.27 bits per heavy atom. The minimum atomic E-state index is -0.184. The number of amides is 2. The molecule has 1 saturated heterocycles. The smallest absolute Gasteiger partial charge is 0.261 e. The Balaban J connectivity index is 1.56. The average Bonchev–Trinajstić information content (AvgIpc) is 2.99. The van der Waals surface area contributed by atoms with Crippen LogP contribution in [0.2, 0.25) is 0 Å². The van der Waals surface area contributed by atoms with Crippen LogP contribution in [0.4, 0.5) is 0 Å². The fraction of sp³-hybridized carbons (Fsp3) is 0.440. The summed E-state index contributed by atoms with van der Waals surface area (Å²) < 4.78 is 11.2. The second-order valence-electron chi connectivity index (χ2n) is 8.84. The zero-order chi connectivity index (χ0) is 21.3. The fourth-order valence-electron chi connectivity index (χ4n) is 4.86. The van der Waals surface area contributed by atoms with E-state index < -0.39 is 0 Å². The lowest BCUT2D eigenvalue weighted by molar-refractivity contribution is -0.0774. The topological polar surface area (TPSA) is 55.8 Å². The van der Waals surface area contributed by atoms with Gasteiger partial charge in [-0.1, -0.05) is 24.3 Å². The number of hydrogen-bond donors (Lipinski definition) is 0. The second-order valence-corrected chi connectivity index (χ2v) is 8.84. The summed E-state index contributed by atoms with van der Waals surface area (Å²) in [6, 6.07) is 15.2. The van der Waals surface area contributed by atoms with E-state index in [1.54, 1.807) is 31.4 Å². The number of methoxy groups -OCH3 is 1. The maximum absolute atomic E-state index is 12.8. The highest BCUT2D eigenvalue weighted by Gasteiger charge is 2.38. The van der Waals surface area contributed by atoms with E-state index in [-0.39, 0.29) is 23.3 Å². The second kappa shape index (κ2) is 8.23. The van der Waals surface area contributed by atoms with Crippen molar-refractivity contribution in [2.45, 2.75) is 44.6 Å². The van der Waals surface area contributed by atoms with E-state index >= 15 is 0 Å². The average molecular weight is 408 g/mol. The van der Waals surface area contributed by atoms with Crippen molar-refractivity contribution in [2.24, 2.45) is 5.92 Å². The van der Waals surface area contributed by atoms with Gasteiger partial charge in [0.15, 0.2) is 0 Å². The van der Waals surface area contributed by atoms with Crippen molar-refractivity contribution in [1.82, 2.24) is 4.90 Å². The zero-order valence-electron chi connectivity index (χ0n) is 17.9. The van der Waals surface area contributed by atoms with Crippen LogP contribution in [-0.4, -0.2) is 42.6 Å². The van der Waals surface area contributed by atoms with Gasteiger partial charge in [-0.3, -0.25) is 14.5 Å². The molecule has 0 unspecified atom stereocenters. The molecule has 0 aliphatic carbocycles. The molecule has 0 bridgehead atoms. The quantitative estimate of drug-likeness (QED) is 0.653. The van der Waals surface area contributed by atoms with Crippen LogP contribution in [0.15, 0.2) is 48.5 Å². The first-order valence-electron chi connectivity index (χ1n) is 10.6. The summed E-state index contributed by atoms with van der Waals surface area (Å²) in [4.78, 5) is 27.0. The van der Waals surface area contributed by atoms with Crippen molar-refractivity contribution < 1.29 is 19.1 Å². The molecular weight excluding hydrogens is 378 g/mol. The van der Waals surface area contributed by atoms with Crippen molar-refractivity contribution in [1.29, 1.82) is 0 Å². The Hall–Kier alpha value is -2.66. The molecule has 30 heavy (non-hydrogen) atoms. The molecule has 2 heterocycles. The number of nitrogens with zero attached hydrogens (tertiary/aromatic N) is 1. The van der Waals surface area contributed by atoms with Gasteiger partial charge in [0.25, 0.3) is 11.8 Å². The van der Waals surface area contributed by atoms with Gasteiger partial charge in [0.1, 0.15) is 5.75 Å². The summed E-state index contributed by atoms with van der Waals surface area (Å²) in [5.41, 5.74) is 2.07. The largest absolute Gasteiger partial charge is 0.497 e. The highest BCUT2D eigenvalue weighted by Crippen LogP contribution is 2.40. The van der Waals surface area contributed by atoms with Crippen LogP contribution < -0.4 is 4.74 Å². The first kappa shape index (κ1) is 20.6. The molecule has 2 amide bonds. The standard InChI is InChI=1S/C25H29NO4/c1-25(2)16-18(13-15-30-25)20(17-8-10-19(29-3)11-9-17)12-14-26-23(27)21-6-4-5-7-22(21)24(26)28/h4-11,18,20H,12-16H2,1-3H3/t18-,20+/m1/s1. The maximum Gasteiger partial charge on any atom is 0.261 e. The van der Waals surface area contributed by atoms with Gasteiger partial charge in [-0.15, -0.1) is 0 Å². The third-order valence-corrected chi connectivity index (χ3v) is 6.39. The van der Waals surface area contributed by atoms with E-state index in [1.807, 2.05) is 12.1 Å². The van der Waals surface area contributed by atoms with E-state index in [0.29, 0.717) is 23.6 Å². The molecule has 0 N–H and O–H groups in total. The lowest BCUT2D eigenvalue weighted by atomic mass is 9.75. The summed E-state index contributed by atoms with van der Waals surface area (Å²) in [5.74, 6) is 1.12. The number of imide groups is 1. The molecule has 1 fully saturated rings. The minimum absolute atomic E-state index is 0.164. The van der Waals surface area contributed by atoms with E-state index in [0.717, 1.165) is 31.6 Å². The predicted octanol–water partition coefficient (Wildman–Crippen LogP) is 4.67. The number of benzene rings is 2. The van der Waals surface area contributed by atoms with E-state index in [4.69, 9.17) is 9.47 Å². The van der Waals surface area contributed by atoms with Gasteiger partial charge < -0.3 is 9.47 Å². The van der Waals surface area contributed by atoms with Gasteiger partial charge in [0, 0.05) is 13.2 Å². The first-order chi connectivity index (χ1) is 14.4. The van der Waals surface area contributed by atoms with Crippen LogP contribution in [0, 0.1) is 5.92 Å². The van der Waals surface area contributed by atoms with Crippen LogP contribution >= 0.6 is 0 Å². The lowest BCUT2D eigenvalue weighted by Crippen LogP contribution is -2.38. The van der Waals surface area contributed by atoms with E-state index in [1.165, 1.54) is 10.5 Å². The molecular formula is C25H29NO4. The Labute approximate surface area is 178 Å². The van der Waals surface area contributed by atoms with Crippen molar-refractivity contribution in [3.8, 4) is 5.75 Å². The molecule has 2 atom stereocenters. The predicted molar refractivity (Wildman–Crippen MR) is 115 cm³/mol. The molecule has 0 saturated carbocycles. The lowest BCUT2D eigenvalue weighted by Gasteiger charge is -2.40. The first-order valence-corrected chi connectivity index (χ1v) is 10.6. The normalized spacial score (nSPS) is 21.4.